The van der Waals surface area contributed by atoms with E-state index in [1.165, 1.54) is 6.07 Å². The molecule has 2 aromatic rings. The summed E-state index contributed by atoms with van der Waals surface area (Å²) in [5.74, 6) is 5.14. The number of fused-ring (bicyclic) bond motifs is 1. The van der Waals surface area contributed by atoms with Crippen molar-refractivity contribution in [2.24, 2.45) is 11.7 Å². The van der Waals surface area contributed by atoms with Crippen LogP contribution in [0.25, 0.3) is 5.57 Å². The van der Waals surface area contributed by atoms with Crippen molar-refractivity contribution in [3.8, 4) is 23.3 Å². The molecule has 9 nitrogen and oxygen atoms in total. The normalized spacial score (nSPS) is 24.4. The second kappa shape index (κ2) is 10.8. The number of nitrogens with zero attached hydrogens (tertiary/aromatic N) is 3. The summed E-state index contributed by atoms with van der Waals surface area (Å²) in [6, 6.07) is 13.0. The van der Waals surface area contributed by atoms with E-state index in [-0.39, 0.29) is 29.5 Å². The number of amides is 2. The summed E-state index contributed by atoms with van der Waals surface area (Å²) in [6.45, 7) is 1.57. The van der Waals surface area contributed by atoms with Crippen LogP contribution < -0.4 is 21.3 Å². The van der Waals surface area contributed by atoms with Gasteiger partial charge < -0.3 is 20.3 Å². The molecule has 0 spiro atoms. The number of benzene rings is 2. The third kappa shape index (κ3) is 5.22. The predicted octanol–water partition coefficient (Wildman–Crippen LogP) is 1.34. The van der Waals surface area contributed by atoms with E-state index < -0.39 is 18.0 Å². The van der Waals surface area contributed by atoms with E-state index in [1.807, 2.05) is 42.2 Å². The van der Waals surface area contributed by atoms with Crippen LogP contribution in [0.3, 0.4) is 0 Å². The summed E-state index contributed by atoms with van der Waals surface area (Å²) in [5, 5.41) is 0. The number of carbonyl (C=O) groups excluding carboxylic acids is 2. The van der Waals surface area contributed by atoms with E-state index in [0.717, 1.165) is 17.6 Å². The van der Waals surface area contributed by atoms with Gasteiger partial charge in [-0.1, -0.05) is 30.2 Å². The van der Waals surface area contributed by atoms with Gasteiger partial charge in [-0.15, -0.1) is 0 Å². The van der Waals surface area contributed by atoms with Gasteiger partial charge in [-0.25, -0.2) is 9.82 Å². The second-order valence-corrected chi connectivity index (χ2v) is 9.95. The molecule has 3 aliphatic rings. The van der Waals surface area contributed by atoms with Gasteiger partial charge in [0.25, 0.3) is 11.8 Å². The Bertz CT molecular complexity index is 1300. The third-order valence-electron chi connectivity index (χ3n) is 7.04. The molecule has 2 aromatic carbocycles. The molecule has 0 bridgehead atoms. The lowest BCUT2D eigenvalue weighted by molar-refractivity contribution is -0.131. The number of hydrogen-bond acceptors (Lipinski definition) is 7. The minimum atomic E-state index is -0.504. The highest BCUT2D eigenvalue weighted by Crippen LogP contribution is 2.41. The first-order valence-corrected chi connectivity index (χ1v) is 12.6. The van der Waals surface area contributed by atoms with Crippen molar-refractivity contribution in [1.82, 2.24) is 25.6 Å². The van der Waals surface area contributed by atoms with Crippen LogP contribution in [0, 0.1) is 23.6 Å². The lowest BCUT2D eigenvalue weighted by Crippen LogP contribution is -2.67. The summed E-state index contributed by atoms with van der Waals surface area (Å²) in [4.78, 5) is 31.3. The Hall–Kier alpha value is -3.91. The van der Waals surface area contributed by atoms with Crippen LogP contribution in [0.5, 0.6) is 11.5 Å². The quantitative estimate of drug-likeness (QED) is 0.514. The van der Waals surface area contributed by atoms with Gasteiger partial charge in [0.05, 0.1) is 12.7 Å². The number of hydrogen-bond donors (Lipinski definition) is 3. The summed E-state index contributed by atoms with van der Waals surface area (Å²) in [7, 11) is 3.80. The van der Waals surface area contributed by atoms with Crippen molar-refractivity contribution in [2.45, 2.75) is 24.7 Å². The summed E-state index contributed by atoms with van der Waals surface area (Å²) in [6.07, 6.45) is 2.21. The maximum atomic E-state index is 14.0. The highest BCUT2D eigenvalue weighted by Gasteiger charge is 2.49. The molecule has 38 heavy (non-hydrogen) atoms. The van der Waals surface area contributed by atoms with E-state index in [9.17, 15) is 14.0 Å². The first-order valence-electron chi connectivity index (χ1n) is 12.6. The molecule has 2 fully saturated rings. The number of para-hydroxylation sites is 1. The fourth-order valence-corrected chi connectivity index (χ4v) is 5.18. The number of hydrazine groups is 1. The van der Waals surface area contributed by atoms with E-state index in [0.29, 0.717) is 25.4 Å². The first kappa shape index (κ1) is 25.7. The number of rotatable bonds is 5. The van der Waals surface area contributed by atoms with Crippen molar-refractivity contribution in [2.75, 3.05) is 33.7 Å². The van der Waals surface area contributed by atoms with E-state index in [4.69, 9.17) is 10.5 Å². The largest absolute Gasteiger partial charge is 0.454 e. The van der Waals surface area contributed by atoms with Gasteiger partial charge in [-0.05, 0) is 61.8 Å². The number of carbonyl (C=O) groups is 2. The Morgan fingerprint density at radius 3 is 2.71 bits per heavy atom. The summed E-state index contributed by atoms with van der Waals surface area (Å²) >= 11 is 0. The summed E-state index contributed by atoms with van der Waals surface area (Å²) in [5.41, 5.74) is 13.8. The van der Waals surface area contributed by atoms with Crippen molar-refractivity contribution in [1.29, 1.82) is 0 Å². The molecule has 3 aliphatic heterocycles. The third-order valence-corrected chi connectivity index (χ3v) is 7.04. The van der Waals surface area contributed by atoms with E-state index in [2.05, 4.69) is 22.7 Å². The zero-order valence-corrected chi connectivity index (χ0v) is 21.4. The van der Waals surface area contributed by atoms with Gasteiger partial charge in [-0.2, -0.15) is 0 Å². The molecule has 0 saturated carbocycles. The van der Waals surface area contributed by atoms with Crippen molar-refractivity contribution < 1.29 is 18.7 Å². The monoisotopic (exact) mass is 518 g/mol. The van der Waals surface area contributed by atoms with Crippen LogP contribution in [0.2, 0.25) is 0 Å². The molecule has 0 radical (unpaired) electrons. The maximum Gasteiger partial charge on any atom is 0.298 e. The molecule has 10 heteroatoms. The van der Waals surface area contributed by atoms with Crippen molar-refractivity contribution in [3.63, 3.8) is 0 Å². The van der Waals surface area contributed by atoms with E-state index in [1.54, 1.807) is 35.2 Å². The first-order chi connectivity index (χ1) is 18.3. The average Bonchev–Trinajstić information content (AvgIpc) is 3.54. The Balaban J connectivity index is 1.36. The lowest BCUT2D eigenvalue weighted by Gasteiger charge is -2.39. The van der Waals surface area contributed by atoms with Crippen LogP contribution in [0.1, 0.15) is 12.0 Å². The maximum absolute atomic E-state index is 14.0. The van der Waals surface area contributed by atoms with Crippen molar-refractivity contribution in [3.05, 3.63) is 66.1 Å². The Morgan fingerprint density at radius 1 is 1.21 bits per heavy atom. The van der Waals surface area contributed by atoms with Crippen molar-refractivity contribution >= 4 is 17.4 Å². The molecule has 3 heterocycles. The number of ether oxygens (including phenoxy) is 1. The van der Waals surface area contributed by atoms with Crippen LogP contribution in [-0.4, -0.2) is 78.5 Å². The van der Waals surface area contributed by atoms with Crippen LogP contribution in [0.4, 0.5) is 4.39 Å². The minimum Gasteiger partial charge on any atom is -0.454 e. The Labute approximate surface area is 221 Å². The van der Waals surface area contributed by atoms with Crippen LogP contribution in [0.15, 0.2) is 54.7 Å². The fraction of sp³-hybridized carbons (Fsp3) is 0.357. The molecular formula is C28H31FN6O3. The highest BCUT2D eigenvalue weighted by molar-refractivity contribution is 5.94. The summed E-state index contributed by atoms with van der Waals surface area (Å²) < 4.78 is 19.7. The van der Waals surface area contributed by atoms with Gasteiger partial charge in [0.2, 0.25) is 0 Å². The SMILES string of the molecule is CN(C)CC#CC(=O)N1CC[C@@H](N2C=C(c3ccc(Oc4ccccc4F)cc3)C3C(N)NNC(=O)C32)C1. The van der Waals surface area contributed by atoms with Gasteiger partial charge in [-0.3, -0.25) is 19.9 Å². The predicted molar refractivity (Wildman–Crippen MR) is 141 cm³/mol. The Kier molecular flexibility index (Phi) is 7.33. The number of halogens is 1. The average molecular weight is 519 g/mol. The topological polar surface area (TPSA) is 103 Å². The zero-order valence-electron chi connectivity index (χ0n) is 21.4. The molecule has 4 atom stereocenters. The van der Waals surface area contributed by atoms with Gasteiger partial charge in [0.15, 0.2) is 11.6 Å². The molecule has 198 valence electrons. The zero-order chi connectivity index (χ0) is 26.8. The molecule has 2 amide bonds. The fourth-order valence-electron chi connectivity index (χ4n) is 5.18. The number of likely N-dealkylation sites (tertiary alicyclic amines) is 1. The molecule has 3 unspecified atom stereocenters. The molecule has 2 saturated heterocycles. The van der Waals surface area contributed by atoms with Gasteiger partial charge in [0.1, 0.15) is 11.8 Å². The van der Waals surface area contributed by atoms with E-state index >= 15 is 0 Å². The number of nitrogens with two attached hydrogens (primary N) is 1. The van der Waals surface area contributed by atoms with Crippen LogP contribution in [-0.2, 0) is 9.59 Å². The molecular weight excluding hydrogens is 487 g/mol. The van der Waals surface area contributed by atoms with Gasteiger partial charge >= 0.3 is 0 Å². The standard InChI is InChI=1S/C28H31FN6O3/c1-33(2)14-5-8-24(36)34-15-13-19(16-34)35-17-21(25-26(35)28(37)32-31-27(25)30)18-9-11-20(12-10-18)38-23-7-4-3-6-22(23)29/h3-4,6-7,9-12,17,19,25-27,31H,13-16,30H2,1-2H3,(H,32,37)/t19-,25?,26?,27?/m1/s1. The highest BCUT2D eigenvalue weighted by atomic mass is 19.1. The van der Waals surface area contributed by atoms with Crippen LogP contribution >= 0.6 is 0 Å². The molecule has 4 N–H and O–H groups in total. The minimum absolute atomic E-state index is 0.0423. The Morgan fingerprint density at radius 2 is 1.97 bits per heavy atom. The van der Waals surface area contributed by atoms with Gasteiger partial charge in [0, 0.05) is 31.2 Å². The second-order valence-electron chi connectivity index (χ2n) is 9.95. The smallest absolute Gasteiger partial charge is 0.298 e. The molecule has 5 rings (SSSR count). The molecule has 0 aliphatic carbocycles. The lowest BCUT2D eigenvalue weighted by atomic mass is 9.86. The molecule has 0 aromatic heterocycles. The number of nitrogens with one attached hydrogen (secondary N) is 2.